The van der Waals surface area contributed by atoms with Crippen molar-refractivity contribution in [3.63, 3.8) is 0 Å². The monoisotopic (exact) mass is 309 g/mol. The van der Waals surface area contributed by atoms with E-state index in [0.29, 0.717) is 17.1 Å². The predicted molar refractivity (Wildman–Crippen MR) is 76.7 cm³/mol. The Morgan fingerprint density at radius 1 is 1.27 bits per heavy atom. The average molecular weight is 309 g/mol. The molecule has 0 aromatic heterocycles. The van der Waals surface area contributed by atoms with E-state index in [2.05, 4.69) is 0 Å². The van der Waals surface area contributed by atoms with Gasteiger partial charge in [-0.05, 0) is 38.5 Å². The van der Waals surface area contributed by atoms with Crippen molar-refractivity contribution in [3.8, 4) is 11.5 Å². The summed E-state index contributed by atoms with van der Waals surface area (Å²) in [5.74, 6) is -1.36. The fourth-order valence-electron chi connectivity index (χ4n) is 1.98. The van der Waals surface area contributed by atoms with Crippen molar-refractivity contribution in [3.05, 3.63) is 23.8 Å². The summed E-state index contributed by atoms with van der Waals surface area (Å²) in [6.45, 7) is 5.05. The van der Waals surface area contributed by atoms with Gasteiger partial charge in [0.15, 0.2) is 11.5 Å². The minimum absolute atomic E-state index is 0.109. The molecule has 0 radical (unpaired) electrons. The zero-order valence-corrected chi connectivity index (χ0v) is 12.7. The number of carboxylic acid groups (broad SMARTS) is 1. The van der Waals surface area contributed by atoms with Crippen molar-refractivity contribution >= 4 is 11.9 Å². The molecule has 7 heteroatoms. The number of ether oxygens (including phenoxy) is 3. The summed E-state index contributed by atoms with van der Waals surface area (Å²) in [4.78, 5) is 23.7. The van der Waals surface area contributed by atoms with Crippen LogP contribution in [0.3, 0.4) is 0 Å². The number of esters is 1. The quantitative estimate of drug-likeness (QED) is 0.633. The van der Waals surface area contributed by atoms with Gasteiger partial charge >= 0.3 is 11.9 Å². The minimum atomic E-state index is -2.17. The van der Waals surface area contributed by atoms with Crippen LogP contribution in [0.25, 0.3) is 0 Å². The highest BCUT2D eigenvalue weighted by molar-refractivity contribution is 6.04. The first kappa shape index (κ1) is 16.1. The maximum Gasteiger partial charge on any atom is 0.338 e. The standard InChI is InChI=1S/C15H19NO6/c1-14(2,3)22-13(19)15(16,12(17)18)7-9-4-5-10-11(6-9)21-8-20-10/h4-6H,7-8,16H2,1-3H3,(H,17,18). The fraction of sp³-hybridized carbons (Fsp3) is 0.467. The molecule has 1 aromatic carbocycles. The molecule has 0 saturated carbocycles. The second kappa shape index (κ2) is 5.49. The third-order valence-corrected chi connectivity index (χ3v) is 3.06. The van der Waals surface area contributed by atoms with Crippen LogP contribution in [0.4, 0.5) is 0 Å². The number of rotatable bonds is 4. The van der Waals surface area contributed by atoms with Crippen molar-refractivity contribution in [1.29, 1.82) is 0 Å². The summed E-state index contributed by atoms with van der Waals surface area (Å²) < 4.78 is 15.5. The third-order valence-electron chi connectivity index (χ3n) is 3.06. The average Bonchev–Trinajstić information content (AvgIpc) is 2.83. The number of hydrogen-bond donors (Lipinski definition) is 2. The molecule has 3 N–H and O–H groups in total. The van der Waals surface area contributed by atoms with E-state index in [-0.39, 0.29) is 13.2 Å². The molecule has 0 bridgehead atoms. The Labute approximate surface area is 128 Å². The lowest BCUT2D eigenvalue weighted by atomic mass is 9.91. The van der Waals surface area contributed by atoms with Crippen LogP contribution in [0.2, 0.25) is 0 Å². The molecule has 1 unspecified atom stereocenters. The zero-order valence-electron chi connectivity index (χ0n) is 12.7. The number of hydrogen-bond acceptors (Lipinski definition) is 6. The second-order valence-electron chi connectivity index (χ2n) is 6.14. The summed E-state index contributed by atoms with van der Waals surface area (Å²) in [5, 5.41) is 9.37. The number of nitrogens with two attached hydrogens (primary N) is 1. The number of carbonyl (C=O) groups excluding carboxylic acids is 1. The molecule has 22 heavy (non-hydrogen) atoms. The molecule has 1 aliphatic heterocycles. The first-order valence-corrected chi connectivity index (χ1v) is 6.76. The summed E-state index contributed by atoms with van der Waals surface area (Å²) in [6, 6.07) is 4.90. The lowest BCUT2D eigenvalue weighted by Gasteiger charge is -2.28. The Morgan fingerprint density at radius 3 is 2.50 bits per heavy atom. The third kappa shape index (κ3) is 3.30. The molecule has 0 fully saturated rings. The Kier molecular flexibility index (Phi) is 4.02. The molecule has 1 atom stereocenters. The number of carbonyl (C=O) groups is 2. The molecule has 0 amide bonds. The van der Waals surface area contributed by atoms with Gasteiger partial charge in [-0.3, -0.25) is 0 Å². The van der Waals surface area contributed by atoms with E-state index in [1.165, 1.54) is 0 Å². The number of carboxylic acids is 1. The van der Waals surface area contributed by atoms with Crippen molar-refractivity contribution in [1.82, 2.24) is 0 Å². The summed E-state index contributed by atoms with van der Waals surface area (Å²) in [5.41, 5.74) is 3.37. The highest BCUT2D eigenvalue weighted by Crippen LogP contribution is 2.33. The molecule has 0 saturated heterocycles. The van der Waals surface area contributed by atoms with E-state index in [9.17, 15) is 14.7 Å². The van der Waals surface area contributed by atoms with Crippen LogP contribution in [0.1, 0.15) is 26.3 Å². The lowest BCUT2D eigenvalue weighted by Crippen LogP contribution is -2.58. The maximum atomic E-state index is 12.2. The van der Waals surface area contributed by atoms with E-state index in [1.54, 1.807) is 39.0 Å². The number of aliphatic carboxylic acids is 1. The van der Waals surface area contributed by atoms with Crippen LogP contribution in [-0.2, 0) is 20.7 Å². The smallest absolute Gasteiger partial charge is 0.338 e. The van der Waals surface area contributed by atoms with Crippen LogP contribution in [0.15, 0.2) is 18.2 Å². The lowest BCUT2D eigenvalue weighted by molar-refractivity contribution is -0.169. The zero-order chi connectivity index (χ0) is 16.5. The van der Waals surface area contributed by atoms with E-state index < -0.39 is 23.1 Å². The van der Waals surface area contributed by atoms with E-state index in [1.807, 2.05) is 0 Å². The Hall–Kier alpha value is -2.28. The molecular weight excluding hydrogens is 290 g/mol. The molecule has 0 spiro atoms. The Balaban J connectivity index is 2.25. The van der Waals surface area contributed by atoms with Gasteiger partial charge in [0, 0.05) is 6.42 Å². The van der Waals surface area contributed by atoms with E-state index in [0.717, 1.165) is 0 Å². The molecule has 0 aliphatic carbocycles. The predicted octanol–water partition coefficient (Wildman–Crippen LogP) is 1.08. The van der Waals surface area contributed by atoms with Gasteiger partial charge in [-0.15, -0.1) is 0 Å². The summed E-state index contributed by atoms with van der Waals surface area (Å²) >= 11 is 0. The van der Waals surface area contributed by atoms with Crippen molar-refractivity contribution in [2.45, 2.75) is 38.3 Å². The van der Waals surface area contributed by atoms with Gasteiger partial charge in [0.1, 0.15) is 5.60 Å². The first-order chi connectivity index (χ1) is 10.1. The highest BCUT2D eigenvalue weighted by atomic mass is 16.7. The van der Waals surface area contributed by atoms with Crippen LogP contribution >= 0.6 is 0 Å². The second-order valence-corrected chi connectivity index (χ2v) is 6.14. The SMILES string of the molecule is CC(C)(C)OC(=O)C(N)(Cc1ccc2c(c1)OCO2)C(=O)O. The van der Waals surface area contributed by atoms with Gasteiger partial charge < -0.3 is 25.1 Å². The van der Waals surface area contributed by atoms with E-state index >= 15 is 0 Å². The largest absolute Gasteiger partial charge is 0.479 e. The van der Waals surface area contributed by atoms with Crippen LogP contribution in [-0.4, -0.2) is 35.0 Å². The van der Waals surface area contributed by atoms with Crippen molar-refractivity contribution in [2.75, 3.05) is 6.79 Å². The molecule has 1 heterocycles. The molecule has 2 rings (SSSR count). The van der Waals surface area contributed by atoms with Crippen LogP contribution in [0, 0.1) is 0 Å². The minimum Gasteiger partial charge on any atom is -0.479 e. The maximum absolute atomic E-state index is 12.2. The normalized spacial score (nSPS) is 16.0. The Morgan fingerprint density at radius 2 is 1.91 bits per heavy atom. The first-order valence-electron chi connectivity index (χ1n) is 6.76. The Bertz CT molecular complexity index is 607. The molecule has 1 aromatic rings. The highest BCUT2D eigenvalue weighted by Gasteiger charge is 2.45. The van der Waals surface area contributed by atoms with Gasteiger partial charge in [0.25, 0.3) is 0 Å². The van der Waals surface area contributed by atoms with Gasteiger partial charge in [0.05, 0.1) is 0 Å². The van der Waals surface area contributed by atoms with Crippen LogP contribution < -0.4 is 15.2 Å². The topological polar surface area (TPSA) is 108 Å². The van der Waals surface area contributed by atoms with E-state index in [4.69, 9.17) is 19.9 Å². The molecular formula is C15H19NO6. The van der Waals surface area contributed by atoms with Gasteiger partial charge in [-0.1, -0.05) is 6.07 Å². The fourth-order valence-corrected chi connectivity index (χ4v) is 1.98. The van der Waals surface area contributed by atoms with Crippen molar-refractivity contribution < 1.29 is 28.9 Å². The molecule has 120 valence electrons. The van der Waals surface area contributed by atoms with Crippen LogP contribution in [0.5, 0.6) is 11.5 Å². The number of benzene rings is 1. The van der Waals surface area contributed by atoms with Gasteiger partial charge in [-0.2, -0.15) is 0 Å². The van der Waals surface area contributed by atoms with Gasteiger partial charge in [-0.25, -0.2) is 9.59 Å². The molecule has 7 nitrogen and oxygen atoms in total. The van der Waals surface area contributed by atoms with Crippen molar-refractivity contribution in [2.24, 2.45) is 5.73 Å². The van der Waals surface area contributed by atoms with Gasteiger partial charge in [0.2, 0.25) is 12.3 Å². The summed E-state index contributed by atoms with van der Waals surface area (Å²) in [6.07, 6.45) is -0.214. The molecule has 1 aliphatic rings. The number of fused-ring (bicyclic) bond motifs is 1. The summed E-state index contributed by atoms with van der Waals surface area (Å²) in [7, 11) is 0.